The maximum atomic E-state index is 5.81. The third-order valence-corrected chi connectivity index (χ3v) is 4.24. The fourth-order valence-corrected chi connectivity index (χ4v) is 2.98. The van der Waals surface area contributed by atoms with E-state index in [0.717, 1.165) is 54.7 Å². The molecule has 21 heavy (non-hydrogen) atoms. The number of nitrogens with zero attached hydrogens (tertiary/aromatic N) is 4. The maximum absolute atomic E-state index is 5.81. The quantitative estimate of drug-likeness (QED) is 0.725. The topological polar surface area (TPSA) is 47.1 Å². The van der Waals surface area contributed by atoms with Gasteiger partial charge in [-0.15, -0.1) is 0 Å². The van der Waals surface area contributed by atoms with Crippen LogP contribution in [0.5, 0.6) is 0 Å². The molecule has 0 spiro atoms. The van der Waals surface area contributed by atoms with E-state index in [2.05, 4.69) is 33.3 Å². The standard InChI is InChI=1S/C16H18N4O/c1-11-12(2)20-8-7-19(9-15(20)17-11)10-16-18-13-5-3-4-6-14(13)21-16/h3-6H,7-10H2,1-2H3. The Morgan fingerprint density at radius 2 is 2.00 bits per heavy atom. The van der Waals surface area contributed by atoms with Crippen molar-refractivity contribution in [1.29, 1.82) is 0 Å². The average molecular weight is 282 g/mol. The minimum atomic E-state index is 0.736. The third kappa shape index (κ3) is 2.14. The first-order valence-electron chi connectivity index (χ1n) is 7.30. The highest BCUT2D eigenvalue weighted by molar-refractivity contribution is 5.72. The lowest BCUT2D eigenvalue weighted by Gasteiger charge is -2.26. The molecule has 0 unspecified atom stereocenters. The number of para-hydroxylation sites is 2. The first kappa shape index (κ1) is 12.6. The van der Waals surface area contributed by atoms with E-state index in [0.29, 0.717) is 0 Å². The molecule has 0 aliphatic carbocycles. The van der Waals surface area contributed by atoms with Gasteiger partial charge in [-0.25, -0.2) is 9.97 Å². The summed E-state index contributed by atoms with van der Waals surface area (Å²) in [6.07, 6.45) is 0. The number of hydrogen-bond acceptors (Lipinski definition) is 4. The molecule has 0 atom stereocenters. The first-order chi connectivity index (χ1) is 10.2. The van der Waals surface area contributed by atoms with E-state index in [1.165, 1.54) is 5.69 Å². The third-order valence-electron chi connectivity index (χ3n) is 4.24. The Morgan fingerprint density at radius 1 is 1.14 bits per heavy atom. The Bertz CT molecular complexity index is 769. The van der Waals surface area contributed by atoms with Crippen LogP contribution in [0.2, 0.25) is 0 Å². The number of imidazole rings is 1. The average Bonchev–Trinajstić information content (AvgIpc) is 3.00. The lowest BCUT2D eigenvalue weighted by atomic mass is 10.3. The van der Waals surface area contributed by atoms with Gasteiger partial charge in [0.1, 0.15) is 11.3 Å². The molecule has 0 saturated heterocycles. The van der Waals surface area contributed by atoms with Crippen LogP contribution in [0, 0.1) is 13.8 Å². The molecule has 5 nitrogen and oxygen atoms in total. The largest absolute Gasteiger partial charge is 0.439 e. The van der Waals surface area contributed by atoms with Crippen molar-refractivity contribution in [3.63, 3.8) is 0 Å². The van der Waals surface area contributed by atoms with Crippen molar-refractivity contribution in [1.82, 2.24) is 19.4 Å². The second-order valence-corrected chi connectivity index (χ2v) is 5.64. The summed E-state index contributed by atoms with van der Waals surface area (Å²) in [5, 5.41) is 0. The molecule has 0 fully saturated rings. The summed E-state index contributed by atoms with van der Waals surface area (Å²) in [6, 6.07) is 7.90. The molecule has 0 saturated carbocycles. The molecular formula is C16H18N4O. The van der Waals surface area contributed by atoms with E-state index in [1.54, 1.807) is 0 Å². The summed E-state index contributed by atoms with van der Waals surface area (Å²) in [4.78, 5) is 11.5. The summed E-state index contributed by atoms with van der Waals surface area (Å²) in [7, 11) is 0. The van der Waals surface area contributed by atoms with Crippen LogP contribution in [0.3, 0.4) is 0 Å². The number of aromatic nitrogens is 3. The van der Waals surface area contributed by atoms with Gasteiger partial charge in [0.25, 0.3) is 0 Å². The van der Waals surface area contributed by atoms with Gasteiger partial charge in [0.2, 0.25) is 5.89 Å². The number of fused-ring (bicyclic) bond motifs is 2. The van der Waals surface area contributed by atoms with Crippen LogP contribution in [0.25, 0.3) is 11.1 Å². The van der Waals surface area contributed by atoms with Crippen LogP contribution in [0.4, 0.5) is 0 Å². The van der Waals surface area contributed by atoms with Crippen molar-refractivity contribution in [3.05, 3.63) is 47.4 Å². The van der Waals surface area contributed by atoms with Crippen LogP contribution in [0.15, 0.2) is 28.7 Å². The monoisotopic (exact) mass is 282 g/mol. The molecule has 0 bridgehead atoms. The van der Waals surface area contributed by atoms with Gasteiger partial charge in [0.05, 0.1) is 18.8 Å². The Balaban J connectivity index is 1.55. The molecule has 2 aromatic heterocycles. The normalized spacial score (nSPS) is 15.5. The number of aryl methyl sites for hydroxylation is 1. The van der Waals surface area contributed by atoms with Gasteiger partial charge in [-0.05, 0) is 26.0 Å². The first-order valence-corrected chi connectivity index (χ1v) is 7.30. The summed E-state index contributed by atoms with van der Waals surface area (Å²) < 4.78 is 8.13. The van der Waals surface area contributed by atoms with Crippen molar-refractivity contribution in [2.24, 2.45) is 0 Å². The second kappa shape index (κ2) is 4.70. The molecule has 0 radical (unpaired) electrons. The molecule has 1 aliphatic rings. The molecule has 3 aromatic rings. The second-order valence-electron chi connectivity index (χ2n) is 5.64. The van der Waals surface area contributed by atoms with Crippen LogP contribution in [-0.2, 0) is 19.6 Å². The fourth-order valence-electron chi connectivity index (χ4n) is 2.98. The lowest BCUT2D eigenvalue weighted by Crippen LogP contribution is -2.33. The molecular weight excluding hydrogens is 264 g/mol. The fraction of sp³-hybridized carbons (Fsp3) is 0.375. The smallest absolute Gasteiger partial charge is 0.209 e. The molecule has 5 heteroatoms. The van der Waals surface area contributed by atoms with Gasteiger partial charge in [-0.3, -0.25) is 4.90 Å². The van der Waals surface area contributed by atoms with Crippen molar-refractivity contribution in [2.45, 2.75) is 33.5 Å². The van der Waals surface area contributed by atoms with Gasteiger partial charge in [0.15, 0.2) is 5.58 Å². The number of benzene rings is 1. The number of hydrogen-bond donors (Lipinski definition) is 0. The predicted molar refractivity (Wildman–Crippen MR) is 79.8 cm³/mol. The summed E-state index contributed by atoms with van der Waals surface area (Å²) in [5.41, 5.74) is 4.20. The van der Waals surface area contributed by atoms with E-state index in [9.17, 15) is 0 Å². The van der Waals surface area contributed by atoms with E-state index < -0.39 is 0 Å². The van der Waals surface area contributed by atoms with Crippen molar-refractivity contribution >= 4 is 11.1 Å². The van der Waals surface area contributed by atoms with Crippen molar-refractivity contribution < 1.29 is 4.42 Å². The lowest BCUT2D eigenvalue weighted by molar-refractivity contribution is 0.191. The Hall–Kier alpha value is -2.14. The van der Waals surface area contributed by atoms with Gasteiger partial charge in [-0.2, -0.15) is 0 Å². The maximum Gasteiger partial charge on any atom is 0.209 e. The van der Waals surface area contributed by atoms with E-state index in [-0.39, 0.29) is 0 Å². The van der Waals surface area contributed by atoms with Crippen LogP contribution in [-0.4, -0.2) is 26.0 Å². The number of oxazole rings is 1. The van der Waals surface area contributed by atoms with Crippen molar-refractivity contribution in [2.75, 3.05) is 6.54 Å². The highest BCUT2D eigenvalue weighted by Gasteiger charge is 2.21. The van der Waals surface area contributed by atoms with Crippen molar-refractivity contribution in [3.8, 4) is 0 Å². The molecule has 1 aromatic carbocycles. The minimum Gasteiger partial charge on any atom is -0.439 e. The molecule has 3 heterocycles. The molecule has 0 N–H and O–H groups in total. The Labute approximate surface area is 123 Å². The zero-order chi connectivity index (χ0) is 14.4. The zero-order valence-electron chi connectivity index (χ0n) is 12.3. The van der Waals surface area contributed by atoms with Crippen LogP contribution >= 0.6 is 0 Å². The summed E-state index contributed by atoms with van der Waals surface area (Å²) in [5.74, 6) is 1.93. The molecule has 0 amide bonds. The predicted octanol–water partition coefficient (Wildman–Crippen LogP) is 2.66. The molecule has 1 aliphatic heterocycles. The van der Waals surface area contributed by atoms with E-state index >= 15 is 0 Å². The van der Waals surface area contributed by atoms with Crippen LogP contribution in [0.1, 0.15) is 23.1 Å². The zero-order valence-corrected chi connectivity index (χ0v) is 12.3. The molecule has 4 rings (SSSR count). The van der Waals surface area contributed by atoms with Gasteiger partial charge >= 0.3 is 0 Å². The highest BCUT2D eigenvalue weighted by Crippen LogP contribution is 2.20. The SMILES string of the molecule is Cc1nc2n(c1C)CCN(Cc1nc3ccccc3o1)C2. The highest BCUT2D eigenvalue weighted by atomic mass is 16.3. The summed E-state index contributed by atoms with van der Waals surface area (Å²) >= 11 is 0. The Kier molecular flexibility index (Phi) is 2.82. The van der Waals surface area contributed by atoms with Gasteiger partial charge in [-0.1, -0.05) is 12.1 Å². The van der Waals surface area contributed by atoms with E-state index in [4.69, 9.17) is 4.42 Å². The van der Waals surface area contributed by atoms with Gasteiger partial charge in [0, 0.05) is 18.8 Å². The van der Waals surface area contributed by atoms with Crippen LogP contribution < -0.4 is 0 Å². The van der Waals surface area contributed by atoms with Gasteiger partial charge < -0.3 is 8.98 Å². The summed E-state index contributed by atoms with van der Waals surface area (Å²) in [6.45, 7) is 7.80. The van der Waals surface area contributed by atoms with E-state index in [1.807, 2.05) is 24.3 Å². The minimum absolute atomic E-state index is 0.736. The Morgan fingerprint density at radius 3 is 2.86 bits per heavy atom. The molecule has 108 valence electrons. The number of rotatable bonds is 2.